The first-order valence-corrected chi connectivity index (χ1v) is 7.25. The number of anilines is 3. The highest BCUT2D eigenvalue weighted by Gasteiger charge is 2.07. The van der Waals surface area contributed by atoms with Gasteiger partial charge in [0.25, 0.3) is 0 Å². The molecule has 2 rings (SSSR count). The molecule has 0 aliphatic heterocycles. The van der Waals surface area contributed by atoms with Crippen LogP contribution < -0.4 is 16.0 Å². The maximum Gasteiger partial charge on any atom is 0.324 e. The van der Waals surface area contributed by atoms with E-state index in [0.29, 0.717) is 17.2 Å². The van der Waals surface area contributed by atoms with Crippen molar-refractivity contribution in [3.05, 3.63) is 47.2 Å². The number of carbonyl (C=O) groups excluding carboxylic acids is 2. The fourth-order valence-electron chi connectivity index (χ4n) is 2.21. The Kier molecular flexibility index (Phi) is 4.95. The van der Waals surface area contributed by atoms with Crippen LogP contribution >= 0.6 is 0 Å². The van der Waals surface area contributed by atoms with Gasteiger partial charge in [0.2, 0.25) is 5.91 Å². The van der Waals surface area contributed by atoms with Crippen LogP contribution in [0.3, 0.4) is 0 Å². The summed E-state index contributed by atoms with van der Waals surface area (Å²) in [6, 6.07) is 8.66. The van der Waals surface area contributed by atoms with Gasteiger partial charge in [0, 0.05) is 24.0 Å². The van der Waals surface area contributed by atoms with Gasteiger partial charge in [-0.05, 0) is 56.2 Å². The summed E-state index contributed by atoms with van der Waals surface area (Å²) in [5, 5.41) is 8.16. The number of urea groups is 1. The van der Waals surface area contributed by atoms with Crippen LogP contribution in [0.5, 0.6) is 0 Å². The van der Waals surface area contributed by atoms with E-state index >= 15 is 0 Å². The number of aryl methyl sites for hydroxylation is 3. The number of hydrogen-bond donors (Lipinski definition) is 3. The molecule has 6 heteroatoms. The standard InChI is InChI=1S/C17H20N4O2/c1-10-7-12(3)18-16(8-10)21-17(23)20-14-6-5-11(2)15(9-14)19-13(4)22/h5-9H,1-4H3,(H,19,22)(H2,18,20,21,23). The fraction of sp³-hybridized carbons (Fsp3) is 0.235. The second-order valence-corrected chi connectivity index (χ2v) is 5.46. The highest BCUT2D eigenvalue weighted by atomic mass is 16.2. The maximum absolute atomic E-state index is 12.1. The van der Waals surface area contributed by atoms with E-state index in [4.69, 9.17) is 0 Å². The number of pyridine rings is 1. The van der Waals surface area contributed by atoms with Crippen molar-refractivity contribution in [1.29, 1.82) is 0 Å². The van der Waals surface area contributed by atoms with Crippen molar-refractivity contribution in [3.63, 3.8) is 0 Å². The van der Waals surface area contributed by atoms with Gasteiger partial charge in [0.15, 0.2) is 0 Å². The summed E-state index contributed by atoms with van der Waals surface area (Å²) in [6.45, 7) is 7.14. The zero-order valence-electron chi connectivity index (χ0n) is 13.7. The minimum Gasteiger partial charge on any atom is -0.326 e. The van der Waals surface area contributed by atoms with Crippen LogP contribution in [0.1, 0.15) is 23.7 Å². The Bertz CT molecular complexity index is 736. The third kappa shape index (κ3) is 4.81. The van der Waals surface area contributed by atoms with Crippen molar-refractivity contribution < 1.29 is 9.59 Å². The van der Waals surface area contributed by atoms with Gasteiger partial charge >= 0.3 is 6.03 Å². The topological polar surface area (TPSA) is 83.1 Å². The average Bonchev–Trinajstić information content (AvgIpc) is 2.40. The Balaban J connectivity index is 2.09. The monoisotopic (exact) mass is 312 g/mol. The minimum atomic E-state index is -0.389. The highest BCUT2D eigenvalue weighted by molar-refractivity contribution is 6.00. The van der Waals surface area contributed by atoms with Crippen LogP contribution in [0, 0.1) is 20.8 Å². The lowest BCUT2D eigenvalue weighted by molar-refractivity contribution is -0.114. The third-order valence-corrected chi connectivity index (χ3v) is 3.15. The number of rotatable bonds is 3. The highest BCUT2D eigenvalue weighted by Crippen LogP contribution is 2.20. The maximum atomic E-state index is 12.1. The van der Waals surface area contributed by atoms with Crippen molar-refractivity contribution in [2.45, 2.75) is 27.7 Å². The molecule has 3 N–H and O–H groups in total. The van der Waals surface area contributed by atoms with Crippen LogP contribution in [-0.2, 0) is 4.79 Å². The third-order valence-electron chi connectivity index (χ3n) is 3.15. The lowest BCUT2D eigenvalue weighted by Crippen LogP contribution is -2.20. The first-order chi connectivity index (χ1) is 10.8. The molecule has 23 heavy (non-hydrogen) atoms. The molecule has 1 aromatic heterocycles. The van der Waals surface area contributed by atoms with Gasteiger partial charge in [-0.3, -0.25) is 10.1 Å². The summed E-state index contributed by atoms with van der Waals surface area (Å²) < 4.78 is 0. The molecule has 0 fully saturated rings. The van der Waals surface area contributed by atoms with Crippen LogP contribution in [0.4, 0.5) is 22.0 Å². The van der Waals surface area contributed by atoms with Gasteiger partial charge in [0.05, 0.1) is 0 Å². The van der Waals surface area contributed by atoms with Crippen LogP contribution in [-0.4, -0.2) is 16.9 Å². The first kappa shape index (κ1) is 16.5. The molecule has 0 atom stereocenters. The van der Waals surface area contributed by atoms with Gasteiger partial charge in [-0.2, -0.15) is 0 Å². The SMILES string of the molecule is CC(=O)Nc1cc(NC(=O)Nc2cc(C)cc(C)n2)ccc1C. The van der Waals surface area contributed by atoms with Gasteiger partial charge in [-0.15, -0.1) is 0 Å². The van der Waals surface area contributed by atoms with E-state index in [1.54, 1.807) is 18.2 Å². The van der Waals surface area contributed by atoms with Crippen LogP contribution in [0.25, 0.3) is 0 Å². The zero-order valence-corrected chi connectivity index (χ0v) is 13.7. The Morgan fingerprint density at radius 2 is 1.70 bits per heavy atom. The van der Waals surface area contributed by atoms with Crippen molar-refractivity contribution >= 4 is 29.1 Å². The fourth-order valence-corrected chi connectivity index (χ4v) is 2.21. The van der Waals surface area contributed by atoms with E-state index in [0.717, 1.165) is 16.8 Å². The Morgan fingerprint density at radius 3 is 2.35 bits per heavy atom. The summed E-state index contributed by atoms with van der Waals surface area (Å²) in [5.41, 5.74) is 4.03. The number of amides is 3. The van der Waals surface area contributed by atoms with E-state index in [2.05, 4.69) is 20.9 Å². The lowest BCUT2D eigenvalue weighted by Gasteiger charge is -2.11. The smallest absolute Gasteiger partial charge is 0.324 e. The van der Waals surface area contributed by atoms with Gasteiger partial charge in [-0.25, -0.2) is 9.78 Å². The van der Waals surface area contributed by atoms with E-state index in [1.165, 1.54) is 6.92 Å². The first-order valence-electron chi connectivity index (χ1n) is 7.25. The summed E-state index contributed by atoms with van der Waals surface area (Å²) in [4.78, 5) is 27.5. The number of nitrogens with zero attached hydrogens (tertiary/aromatic N) is 1. The van der Waals surface area contributed by atoms with Crippen LogP contribution in [0.15, 0.2) is 30.3 Å². The predicted octanol–water partition coefficient (Wildman–Crippen LogP) is 3.61. The molecular weight excluding hydrogens is 292 g/mol. The molecule has 0 aliphatic carbocycles. The van der Waals surface area contributed by atoms with Gasteiger partial charge in [-0.1, -0.05) is 6.07 Å². The Labute approximate surface area is 135 Å². The molecule has 3 amide bonds. The molecule has 0 aliphatic rings. The second kappa shape index (κ2) is 6.91. The molecule has 6 nitrogen and oxygen atoms in total. The van der Waals surface area contributed by atoms with Gasteiger partial charge in [0.1, 0.15) is 5.82 Å². The number of hydrogen-bond acceptors (Lipinski definition) is 3. The molecule has 0 radical (unpaired) electrons. The zero-order chi connectivity index (χ0) is 17.0. The Hall–Kier alpha value is -2.89. The van der Waals surface area contributed by atoms with E-state index in [9.17, 15) is 9.59 Å². The van der Waals surface area contributed by atoms with Gasteiger partial charge < -0.3 is 10.6 Å². The predicted molar refractivity (Wildman–Crippen MR) is 91.8 cm³/mol. The molecule has 120 valence electrons. The molecule has 0 saturated heterocycles. The molecule has 0 unspecified atom stereocenters. The van der Waals surface area contributed by atoms with Crippen LogP contribution in [0.2, 0.25) is 0 Å². The normalized spacial score (nSPS) is 10.1. The lowest BCUT2D eigenvalue weighted by atomic mass is 10.2. The van der Waals surface area contributed by atoms with E-state index in [1.807, 2.05) is 32.9 Å². The van der Waals surface area contributed by atoms with E-state index < -0.39 is 0 Å². The summed E-state index contributed by atoms with van der Waals surface area (Å²) >= 11 is 0. The molecule has 0 saturated carbocycles. The largest absolute Gasteiger partial charge is 0.326 e. The average molecular weight is 312 g/mol. The number of benzene rings is 1. The van der Waals surface area contributed by atoms with Crippen molar-refractivity contribution in [3.8, 4) is 0 Å². The number of carbonyl (C=O) groups is 2. The van der Waals surface area contributed by atoms with Crippen molar-refractivity contribution in [2.24, 2.45) is 0 Å². The molecule has 2 aromatic rings. The second-order valence-electron chi connectivity index (χ2n) is 5.46. The number of nitrogens with one attached hydrogen (secondary N) is 3. The molecule has 0 bridgehead atoms. The Morgan fingerprint density at radius 1 is 0.957 bits per heavy atom. The summed E-state index contributed by atoms with van der Waals surface area (Å²) in [6.07, 6.45) is 0. The molecule has 1 aromatic carbocycles. The molecule has 1 heterocycles. The summed E-state index contributed by atoms with van der Waals surface area (Å²) in [7, 11) is 0. The van der Waals surface area contributed by atoms with Crippen molar-refractivity contribution in [2.75, 3.05) is 16.0 Å². The minimum absolute atomic E-state index is 0.158. The van der Waals surface area contributed by atoms with Crippen molar-refractivity contribution in [1.82, 2.24) is 4.98 Å². The number of aromatic nitrogens is 1. The molecular formula is C17H20N4O2. The summed E-state index contributed by atoms with van der Waals surface area (Å²) in [5.74, 6) is 0.336. The quantitative estimate of drug-likeness (QED) is 0.809. The van der Waals surface area contributed by atoms with E-state index in [-0.39, 0.29) is 11.9 Å². The molecule has 0 spiro atoms.